The van der Waals surface area contributed by atoms with Gasteiger partial charge in [0.2, 0.25) is 11.8 Å². The Bertz CT molecular complexity index is 5930. The fraction of sp³-hybridized carbons (Fsp3) is 0.316. The number of pyridine rings is 2. The molecule has 6 saturated heterocycles. The highest BCUT2D eigenvalue weighted by Crippen LogP contribution is 2.40. The Balaban J connectivity index is 0.000000135. The number of hydrogen-bond donors (Lipinski definition) is 4. The number of rotatable bonds is 17. The summed E-state index contributed by atoms with van der Waals surface area (Å²) in [6, 6.07) is 67.8. The summed E-state index contributed by atoms with van der Waals surface area (Å²) >= 11 is 0. The van der Waals surface area contributed by atoms with Crippen LogP contribution in [0.4, 0.5) is 21.9 Å². The predicted octanol–water partition coefficient (Wildman–Crippen LogP) is 14.7. The second-order valence-electron chi connectivity index (χ2n) is 31.6. The second kappa shape index (κ2) is 36.6. The molecule has 614 valence electrons. The van der Waals surface area contributed by atoms with Gasteiger partial charge in [-0.05, 0) is 180 Å². The maximum Gasteiger partial charge on any atom is 0.410 e. The van der Waals surface area contributed by atoms with Gasteiger partial charge in [0.05, 0.1) is 82.0 Å². The summed E-state index contributed by atoms with van der Waals surface area (Å²) in [5.41, 5.74) is 18.9. The van der Waals surface area contributed by atoms with E-state index in [1.54, 1.807) is 27.1 Å². The van der Waals surface area contributed by atoms with Crippen molar-refractivity contribution in [3.8, 4) is 109 Å². The molecular formula is C95H93N15O11. The average molecular weight is 1620 g/mol. The molecule has 0 aliphatic carbocycles. The molecule has 6 aliphatic rings. The van der Waals surface area contributed by atoms with Crippen molar-refractivity contribution < 1.29 is 52.6 Å². The zero-order valence-electron chi connectivity index (χ0n) is 67.8. The van der Waals surface area contributed by atoms with Gasteiger partial charge in [-0.15, -0.1) is 0 Å². The van der Waals surface area contributed by atoms with E-state index >= 15 is 0 Å². The third-order valence-electron chi connectivity index (χ3n) is 22.7. The van der Waals surface area contributed by atoms with Crippen molar-refractivity contribution in [2.24, 2.45) is 0 Å². The fourth-order valence-corrected chi connectivity index (χ4v) is 16.4. The van der Waals surface area contributed by atoms with Crippen molar-refractivity contribution in [2.45, 2.75) is 70.4 Å². The Kier molecular flexibility index (Phi) is 24.5. The maximum atomic E-state index is 12.5. The van der Waals surface area contributed by atoms with Crippen LogP contribution in [0.3, 0.4) is 0 Å². The van der Waals surface area contributed by atoms with E-state index in [2.05, 4.69) is 161 Å². The zero-order valence-corrected chi connectivity index (χ0v) is 67.8. The zero-order chi connectivity index (χ0) is 83.5. The van der Waals surface area contributed by atoms with E-state index in [0.717, 1.165) is 179 Å². The number of aliphatic hydroxyl groups excluding tert-OH is 1. The molecule has 5 aromatic heterocycles. The second-order valence-corrected chi connectivity index (χ2v) is 31.6. The lowest BCUT2D eigenvalue weighted by atomic mass is 9.99. The predicted molar refractivity (Wildman–Crippen MR) is 462 cm³/mol. The number of morpholine rings is 3. The summed E-state index contributed by atoms with van der Waals surface area (Å²) < 4.78 is 40.3. The van der Waals surface area contributed by atoms with Crippen molar-refractivity contribution in [3.05, 3.63) is 205 Å². The summed E-state index contributed by atoms with van der Waals surface area (Å²) in [5, 5.41) is 50.7. The Hall–Kier alpha value is -13.7. The summed E-state index contributed by atoms with van der Waals surface area (Å²) in [6.45, 7) is 17.9. The topological polar surface area (TPSA) is 324 Å². The molecule has 3 amide bonds. The average Bonchev–Trinajstić information content (AvgIpc) is 1.66. The maximum absolute atomic E-state index is 12.5. The first kappa shape index (κ1) is 81.0. The van der Waals surface area contributed by atoms with Crippen LogP contribution in [0, 0.1) is 45.3 Å². The minimum absolute atomic E-state index is 0.133. The normalized spacial score (nSPS) is 17.2. The van der Waals surface area contributed by atoms with E-state index in [4.69, 9.17) is 43.5 Å². The van der Waals surface area contributed by atoms with Crippen molar-refractivity contribution in [1.82, 2.24) is 39.6 Å². The van der Waals surface area contributed by atoms with Crippen molar-refractivity contribution in [2.75, 3.05) is 139 Å². The molecule has 0 spiro atoms. The molecule has 121 heavy (non-hydrogen) atoms. The van der Waals surface area contributed by atoms with Gasteiger partial charge in [0, 0.05) is 146 Å². The summed E-state index contributed by atoms with van der Waals surface area (Å²) in [4.78, 5) is 67.7. The van der Waals surface area contributed by atoms with Crippen LogP contribution in [-0.4, -0.2) is 211 Å². The molecular weight excluding hydrogens is 1530 g/mol. The Labute approximate surface area is 701 Å². The van der Waals surface area contributed by atoms with E-state index < -0.39 is 12.2 Å². The van der Waals surface area contributed by atoms with Crippen molar-refractivity contribution in [3.63, 3.8) is 0 Å². The highest BCUT2D eigenvalue weighted by Gasteiger charge is 2.34. The van der Waals surface area contributed by atoms with Crippen LogP contribution < -0.4 is 28.9 Å². The van der Waals surface area contributed by atoms with Crippen LogP contribution in [0.25, 0.3) is 100 Å². The number of ether oxygens (including phenoxy) is 7. The van der Waals surface area contributed by atoms with Gasteiger partial charge in [-0.1, -0.05) is 66.7 Å². The number of aromatic amines is 3. The van der Waals surface area contributed by atoms with Crippen LogP contribution in [-0.2, 0) is 28.5 Å². The molecule has 6 fully saturated rings. The molecule has 3 atom stereocenters. The Morgan fingerprint density at radius 3 is 1.19 bits per heavy atom. The number of carbonyl (C=O) groups is 3. The molecule has 12 aromatic rings. The Morgan fingerprint density at radius 2 is 0.802 bits per heavy atom. The van der Waals surface area contributed by atoms with Crippen LogP contribution in [0.15, 0.2) is 188 Å². The number of nitrogens with one attached hydrogen (secondary N) is 3. The van der Waals surface area contributed by atoms with Crippen molar-refractivity contribution in [1.29, 1.82) is 21.0 Å². The van der Waals surface area contributed by atoms with E-state index in [1.165, 1.54) is 17.1 Å². The highest BCUT2D eigenvalue weighted by atomic mass is 16.6. The monoisotopic (exact) mass is 1620 g/mol. The smallest absolute Gasteiger partial charge is 0.410 e. The van der Waals surface area contributed by atoms with Gasteiger partial charge in [-0.2, -0.15) is 21.0 Å². The van der Waals surface area contributed by atoms with Crippen LogP contribution in [0.1, 0.15) is 63.1 Å². The molecule has 0 bridgehead atoms. The van der Waals surface area contributed by atoms with Gasteiger partial charge in [0.25, 0.3) is 0 Å². The number of anilines is 3. The van der Waals surface area contributed by atoms with Crippen LogP contribution >= 0.6 is 0 Å². The lowest BCUT2D eigenvalue weighted by Crippen LogP contribution is -2.36. The van der Waals surface area contributed by atoms with E-state index in [1.807, 2.05) is 99.6 Å². The van der Waals surface area contributed by atoms with Gasteiger partial charge in [-0.25, -0.2) is 14.8 Å². The SMILES string of the molecule is CC(C)(C)OC(=O)N1CC[C@H](Oc2ccc(-c3cccc4[nH]c(-c5ccc(N6CCOCC6)cc5)cc34)cc2C#N)C1.N#CCC(=O)N1CC[C@H](Oc2ccc(-c3ccnc4[nH]c(-c5ccc(N6CCOCC6)cc5)cc34)cc2C#N)C1.N#Cc1cc(-c2ccnc3[nH]c(-c4ccc(N5CCOCC5)cc4)cc23)ccc1O[C@H]1CCN(C(=O)CO)C1. The molecule has 0 saturated carbocycles. The molecule has 7 aromatic carbocycles. The lowest BCUT2D eigenvalue weighted by Gasteiger charge is -2.28. The molecule has 4 N–H and O–H groups in total. The summed E-state index contributed by atoms with van der Waals surface area (Å²) in [6.07, 6.45) is 4.44. The van der Waals surface area contributed by atoms with Gasteiger partial charge in [0.1, 0.15) is 83.7 Å². The van der Waals surface area contributed by atoms with E-state index in [-0.39, 0.29) is 42.6 Å². The number of likely N-dealkylation sites (tertiary alicyclic amines) is 3. The van der Waals surface area contributed by atoms with Gasteiger partial charge in [0.15, 0.2) is 0 Å². The number of carbonyl (C=O) groups excluding carboxylic acids is 3. The number of fused-ring (bicyclic) bond motifs is 3. The third-order valence-corrected chi connectivity index (χ3v) is 22.7. The van der Waals surface area contributed by atoms with Crippen LogP contribution in [0.5, 0.6) is 17.2 Å². The number of amides is 3. The summed E-state index contributed by atoms with van der Waals surface area (Å²) in [7, 11) is 0. The minimum Gasteiger partial charge on any atom is -0.487 e. The minimum atomic E-state index is -0.545. The largest absolute Gasteiger partial charge is 0.487 e. The first-order valence-corrected chi connectivity index (χ1v) is 41.0. The first-order chi connectivity index (χ1) is 59.0. The number of nitrogens with zero attached hydrogens (tertiary/aromatic N) is 12. The number of benzene rings is 7. The molecule has 18 rings (SSSR count). The number of hydrogen-bond acceptors (Lipinski definition) is 20. The molecule has 11 heterocycles. The van der Waals surface area contributed by atoms with Gasteiger partial charge < -0.3 is 82.6 Å². The van der Waals surface area contributed by atoms with Gasteiger partial charge >= 0.3 is 6.09 Å². The number of aromatic nitrogens is 5. The molecule has 0 radical (unpaired) electrons. The first-order valence-electron chi connectivity index (χ1n) is 41.0. The number of aliphatic hydroxyl groups is 1. The molecule has 26 heteroatoms. The fourth-order valence-electron chi connectivity index (χ4n) is 16.4. The van der Waals surface area contributed by atoms with E-state index in [9.17, 15) is 30.2 Å². The molecule has 6 aliphatic heterocycles. The van der Waals surface area contributed by atoms with Crippen LogP contribution in [0.2, 0.25) is 0 Å². The highest BCUT2D eigenvalue weighted by molar-refractivity contribution is 6.00. The quantitative estimate of drug-likeness (QED) is 0.0658. The van der Waals surface area contributed by atoms with E-state index in [0.29, 0.717) is 92.5 Å². The Morgan fingerprint density at radius 1 is 0.438 bits per heavy atom. The number of nitriles is 4. The number of H-pyrrole nitrogens is 3. The van der Waals surface area contributed by atoms with Gasteiger partial charge in [-0.3, -0.25) is 9.59 Å². The lowest BCUT2D eigenvalue weighted by molar-refractivity contribution is -0.133. The third kappa shape index (κ3) is 18.7. The molecule has 0 unspecified atom stereocenters. The standard InChI is InChI=1S/C34H36N4O4.C31H28N6O3.C30H29N5O4/c1-34(2,3)42-33(39)38-14-13-27(22-38)41-32-12-9-24(19-25(32)21-35)28-5-4-6-30-29(28)20-31(36-30)23-7-10-26(11-8-23)37-15-17-40-18-16-37;32-10-7-30(38)37-12-9-25(20-37)40-29-6-3-22(17-23(29)19-33)26-8-11-34-31-27(26)18-28(35-31)21-1-4-24(5-2-21)36-13-15-39-16-14-36;31-17-22-15-21(3-6-28(22)39-24-8-10-35(18-24)29(37)19-36)25-7-9-32-30-26(25)16-27(33-30)20-1-4-23(5-2-20)34-11-13-38-14-12-34/h4-12,19-20,27,36H,13-18,22H2,1-3H3;1-6,8,11,17-18,25H,7,9,12-16,20H2,(H,34,35);1-7,9,15-16,24,36H,8,10-14,18-19H2,(H,32,33)/t27-;25-;24-/m000/s1. The summed E-state index contributed by atoms with van der Waals surface area (Å²) in [5.74, 6) is 1.01. The van der Waals surface area contributed by atoms with Crippen molar-refractivity contribution >= 4 is 67.9 Å². The molecule has 26 nitrogen and oxygen atoms in total.